The molecule has 0 spiro atoms. The molecule has 1 aliphatic heterocycles. The molecule has 14 heteroatoms. The Morgan fingerprint density at radius 3 is 2.79 bits per heavy atom. The molecule has 0 unspecified atom stereocenters. The minimum absolute atomic E-state index is 0.0403. The fraction of sp³-hybridized carbons (Fsp3) is 0.483. The average Bonchev–Trinajstić information content (AvgIpc) is 3.67. The van der Waals surface area contributed by atoms with E-state index in [0.717, 1.165) is 17.4 Å². The maximum atomic E-state index is 14.8. The number of ether oxygens (including phenoxy) is 1. The first-order valence-electron chi connectivity index (χ1n) is 14.2. The lowest BCUT2D eigenvalue weighted by Gasteiger charge is -2.35. The van der Waals surface area contributed by atoms with Gasteiger partial charge in [0.2, 0.25) is 11.7 Å². The Balaban J connectivity index is 1.20. The van der Waals surface area contributed by atoms with E-state index in [2.05, 4.69) is 20.8 Å². The molecule has 1 amide bonds. The molecule has 1 aliphatic carbocycles. The zero-order valence-corrected chi connectivity index (χ0v) is 23.8. The Kier molecular flexibility index (Phi) is 7.90. The van der Waals surface area contributed by atoms with Crippen LogP contribution in [0.5, 0.6) is 0 Å². The molecule has 1 aromatic carbocycles. The molecule has 4 aromatic rings. The van der Waals surface area contributed by atoms with Crippen molar-refractivity contribution in [2.75, 3.05) is 32.6 Å². The first kappa shape index (κ1) is 29.2. The maximum Gasteiger partial charge on any atom is 0.406 e. The number of amides is 1. The molecule has 3 aromatic heterocycles. The standard InChI is InChI=1S/C29H33F4N7O3/c1-38-8-7-23(21(30)15-38)35-22-4-3-5-24-20(22)12-25(40(24)16-29(31,32)33)27-36-26(43-37-27)13-34-28(41)17-6-9-39(14-17)18-10-19(11-18)42-2/h3-6,9,12,14,18-19,21,23,35H,7-8,10-11,13,15-16H2,1-2H3,(H,34,41)/t18-,19+,21-,23+/m0/s1. The lowest BCUT2D eigenvalue weighted by atomic mass is 9.89. The normalized spacial score (nSPS) is 22.9. The van der Waals surface area contributed by atoms with Crippen LogP contribution >= 0.6 is 0 Å². The summed E-state index contributed by atoms with van der Waals surface area (Å²) in [5.41, 5.74) is 1.38. The van der Waals surface area contributed by atoms with Gasteiger partial charge in [0, 0.05) is 49.7 Å². The summed E-state index contributed by atoms with van der Waals surface area (Å²) in [6.45, 7) is -0.402. The van der Waals surface area contributed by atoms with E-state index in [-0.39, 0.29) is 48.6 Å². The highest BCUT2D eigenvalue weighted by atomic mass is 19.4. The second kappa shape index (κ2) is 11.6. The van der Waals surface area contributed by atoms with Crippen LogP contribution < -0.4 is 10.6 Å². The number of fused-ring (bicyclic) bond motifs is 1. The monoisotopic (exact) mass is 603 g/mol. The average molecular weight is 604 g/mol. The third kappa shape index (κ3) is 6.25. The summed E-state index contributed by atoms with van der Waals surface area (Å²) < 4.78 is 69.5. The summed E-state index contributed by atoms with van der Waals surface area (Å²) in [4.78, 5) is 18.9. The van der Waals surface area contributed by atoms with Crippen LogP contribution in [0, 0.1) is 0 Å². The van der Waals surface area contributed by atoms with Crippen molar-refractivity contribution in [3.63, 3.8) is 0 Å². The summed E-state index contributed by atoms with van der Waals surface area (Å²) in [5, 5.41) is 10.3. The number of nitrogens with zero attached hydrogens (tertiary/aromatic N) is 5. The van der Waals surface area contributed by atoms with Gasteiger partial charge in [-0.1, -0.05) is 11.2 Å². The maximum absolute atomic E-state index is 14.8. The second-order valence-electron chi connectivity index (χ2n) is 11.3. The van der Waals surface area contributed by atoms with E-state index in [1.165, 1.54) is 0 Å². The number of carbonyl (C=O) groups is 1. The minimum atomic E-state index is -4.52. The third-order valence-corrected chi connectivity index (χ3v) is 8.27. The smallest absolute Gasteiger partial charge is 0.381 e. The predicted octanol–water partition coefficient (Wildman–Crippen LogP) is 4.79. The number of anilines is 1. The van der Waals surface area contributed by atoms with E-state index in [9.17, 15) is 22.4 Å². The number of hydrogen-bond acceptors (Lipinski definition) is 7. The van der Waals surface area contributed by atoms with Gasteiger partial charge in [-0.25, -0.2) is 4.39 Å². The van der Waals surface area contributed by atoms with Gasteiger partial charge in [0.05, 0.1) is 35.5 Å². The molecule has 0 bridgehead atoms. The van der Waals surface area contributed by atoms with Crippen molar-refractivity contribution in [1.29, 1.82) is 0 Å². The van der Waals surface area contributed by atoms with Gasteiger partial charge < -0.3 is 33.9 Å². The van der Waals surface area contributed by atoms with Crippen molar-refractivity contribution in [2.24, 2.45) is 0 Å². The first-order valence-corrected chi connectivity index (χ1v) is 14.2. The largest absolute Gasteiger partial charge is 0.406 e. The predicted molar refractivity (Wildman–Crippen MR) is 150 cm³/mol. The summed E-state index contributed by atoms with van der Waals surface area (Å²) in [5.74, 6) is -0.358. The van der Waals surface area contributed by atoms with Crippen molar-refractivity contribution >= 4 is 22.5 Å². The third-order valence-electron chi connectivity index (χ3n) is 8.27. The molecule has 2 N–H and O–H groups in total. The number of halogens is 4. The van der Waals surface area contributed by atoms with Crippen molar-refractivity contribution in [2.45, 2.75) is 62.9 Å². The highest BCUT2D eigenvalue weighted by Crippen LogP contribution is 2.36. The summed E-state index contributed by atoms with van der Waals surface area (Å²) in [7, 11) is 3.53. The molecule has 2 fully saturated rings. The molecule has 10 nitrogen and oxygen atoms in total. The van der Waals surface area contributed by atoms with Gasteiger partial charge in [0.1, 0.15) is 12.7 Å². The van der Waals surface area contributed by atoms with Gasteiger partial charge in [0.25, 0.3) is 5.91 Å². The summed E-state index contributed by atoms with van der Waals surface area (Å²) >= 11 is 0. The summed E-state index contributed by atoms with van der Waals surface area (Å²) in [6.07, 6.45) is 0.522. The number of carbonyl (C=O) groups excluding carboxylic acids is 1. The molecule has 2 atom stereocenters. The van der Waals surface area contributed by atoms with Crippen LogP contribution in [0.1, 0.15) is 41.6 Å². The molecule has 2 aliphatic rings. The fourth-order valence-corrected chi connectivity index (χ4v) is 5.80. The number of nitrogens with one attached hydrogen (secondary N) is 2. The summed E-state index contributed by atoms with van der Waals surface area (Å²) in [6, 6.07) is 8.01. The van der Waals surface area contributed by atoms with Gasteiger partial charge in [-0.15, -0.1) is 0 Å². The molecular weight excluding hydrogens is 570 g/mol. The van der Waals surface area contributed by atoms with Gasteiger partial charge in [-0.05, 0) is 50.6 Å². The van der Waals surface area contributed by atoms with E-state index in [1.54, 1.807) is 43.6 Å². The minimum Gasteiger partial charge on any atom is -0.381 e. The zero-order chi connectivity index (χ0) is 30.3. The Morgan fingerprint density at radius 2 is 2.05 bits per heavy atom. The number of likely N-dealkylation sites (tertiary alicyclic amines) is 1. The molecule has 1 saturated carbocycles. The van der Waals surface area contributed by atoms with Crippen molar-refractivity contribution in [3.8, 4) is 11.5 Å². The highest BCUT2D eigenvalue weighted by Gasteiger charge is 2.33. The SMILES string of the molecule is CO[C@H]1C[C@@H](n2ccc(C(=O)NCc3nc(-c4cc5c(N[C@@H]6CCN(C)C[C@@H]6F)cccc5n4CC(F)(F)F)no3)c2)C1. The van der Waals surface area contributed by atoms with Crippen molar-refractivity contribution in [1.82, 2.24) is 29.5 Å². The van der Waals surface area contributed by atoms with E-state index in [0.29, 0.717) is 35.1 Å². The van der Waals surface area contributed by atoms with Crippen LogP contribution in [0.3, 0.4) is 0 Å². The van der Waals surface area contributed by atoms with Crippen LogP contribution in [-0.2, 0) is 17.8 Å². The van der Waals surface area contributed by atoms with E-state index in [1.807, 2.05) is 22.7 Å². The number of benzene rings is 1. The molecule has 4 heterocycles. The van der Waals surface area contributed by atoms with E-state index >= 15 is 0 Å². The lowest BCUT2D eigenvalue weighted by molar-refractivity contribution is -0.139. The number of piperidine rings is 1. The zero-order valence-electron chi connectivity index (χ0n) is 23.8. The van der Waals surface area contributed by atoms with Crippen LogP contribution in [0.15, 0.2) is 47.2 Å². The van der Waals surface area contributed by atoms with E-state index in [4.69, 9.17) is 9.26 Å². The van der Waals surface area contributed by atoms with Crippen LogP contribution in [-0.4, -0.2) is 81.8 Å². The molecular formula is C29H33F4N7O3. The second-order valence-corrected chi connectivity index (χ2v) is 11.3. The highest BCUT2D eigenvalue weighted by molar-refractivity contribution is 5.96. The quantitative estimate of drug-likeness (QED) is 0.265. The fourth-order valence-electron chi connectivity index (χ4n) is 5.80. The molecule has 230 valence electrons. The van der Waals surface area contributed by atoms with E-state index < -0.39 is 24.9 Å². The van der Waals surface area contributed by atoms with Crippen molar-refractivity contribution in [3.05, 3.63) is 54.2 Å². The van der Waals surface area contributed by atoms with Gasteiger partial charge in [-0.3, -0.25) is 4.79 Å². The molecule has 1 saturated heterocycles. The Bertz CT molecular complexity index is 1590. The number of aromatic nitrogens is 4. The van der Waals surface area contributed by atoms with Crippen molar-refractivity contribution < 1.29 is 31.6 Å². The van der Waals surface area contributed by atoms with Gasteiger partial charge >= 0.3 is 6.18 Å². The van der Waals surface area contributed by atoms with Gasteiger partial charge in [0.15, 0.2) is 0 Å². The van der Waals surface area contributed by atoms with Crippen LogP contribution in [0.2, 0.25) is 0 Å². The van der Waals surface area contributed by atoms with Crippen LogP contribution in [0.25, 0.3) is 22.4 Å². The molecule has 43 heavy (non-hydrogen) atoms. The Labute approximate surface area is 245 Å². The number of methoxy groups -OCH3 is 1. The Hall–Kier alpha value is -3.91. The van der Waals surface area contributed by atoms with Crippen LogP contribution in [0.4, 0.5) is 23.2 Å². The Morgan fingerprint density at radius 1 is 1.23 bits per heavy atom. The molecule has 6 rings (SSSR count). The molecule has 0 radical (unpaired) electrons. The lowest BCUT2D eigenvalue weighted by Crippen LogP contribution is -2.46. The van der Waals surface area contributed by atoms with Gasteiger partial charge in [-0.2, -0.15) is 18.2 Å². The number of hydrogen-bond donors (Lipinski definition) is 2. The number of alkyl halides is 4. The first-order chi connectivity index (χ1) is 20.6. The topological polar surface area (TPSA) is 102 Å². The number of rotatable bonds is 9.